The Balaban J connectivity index is 2.16. The molecular weight excluding hydrogens is 387 g/mol. The van der Waals surface area contributed by atoms with Gasteiger partial charge in [-0.25, -0.2) is 4.79 Å². The lowest BCUT2D eigenvalue weighted by Gasteiger charge is -2.29. The van der Waals surface area contributed by atoms with Crippen LogP contribution in [0, 0.1) is 19.6 Å². The van der Waals surface area contributed by atoms with Crippen LogP contribution in [0.1, 0.15) is 32.1 Å². The van der Waals surface area contributed by atoms with Gasteiger partial charge in [-0.15, -0.1) is 0 Å². The molecule has 1 saturated carbocycles. The van der Waals surface area contributed by atoms with Crippen molar-refractivity contribution in [3.8, 4) is 0 Å². The summed E-state index contributed by atoms with van der Waals surface area (Å²) < 4.78 is 0.656. The van der Waals surface area contributed by atoms with E-state index in [1.165, 1.54) is 12.1 Å². The summed E-state index contributed by atoms with van der Waals surface area (Å²) in [5, 5.41) is 23.2. The number of hydrogen-bond donors (Lipinski definition) is 2. The standard InChI is InChI=1S/C14H17IN2O4/c15-11-8-10(17(20)21)6-7-12(11)16-13(14(18)19)9-4-2-1-3-5-9/h6-9,13,16H,1-5H2,(H,18,19). The van der Waals surface area contributed by atoms with Crippen molar-refractivity contribution >= 4 is 39.9 Å². The molecule has 0 amide bonds. The minimum absolute atomic E-state index is 0.00879. The first kappa shape index (κ1) is 16.0. The van der Waals surface area contributed by atoms with Gasteiger partial charge in [0.1, 0.15) is 6.04 Å². The Morgan fingerprint density at radius 3 is 2.57 bits per heavy atom. The van der Waals surface area contributed by atoms with Crippen LogP contribution in [0.2, 0.25) is 0 Å². The van der Waals surface area contributed by atoms with Gasteiger partial charge in [0.25, 0.3) is 5.69 Å². The number of nitrogens with zero attached hydrogens (tertiary/aromatic N) is 1. The molecule has 114 valence electrons. The average molecular weight is 404 g/mol. The largest absolute Gasteiger partial charge is 0.480 e. The number of hydrogen-bond acceptors (Lipinski definition) is 4. The highest BCUT2D eigenvalue weighted by Crippen LogP contribution is 2.30. The SMILES string of the molecule is O=C(O)C(Nc1ccc([N+](=O)[O-])cc1I)C1CCCCC1. The molecule has 1 atom stereocenters. The lowest BCUT2D eigenvalue weighted by Crippen LogP contribution is -2.38. The van der Waals surface area contributed by atoms with Gasteiger partial charge in [0, 0.05) is 21.4 Å². The lowest BCUT2D eigenvalue weighted by atomic mass is 9.84. The molecule has 21 heavy (non-hydrogen) atoms. The Morgan fingerprint density at radius 2 is 2.05 bits per heavy atom. The number of non-ortho nitro benzene ring substituents is 1. The number of nitro benzene ring substituents is 1. The van der Waals surface area contributed by atoms with Crippen molar-refractivity contribution in [1.29, 1.82) is 0 Å². The van der Waals surface area contributed by atoms with Gasteiger partial charge >= 0.3 is 5.97 Å². The van der Waals surface area contributed by atoms with Crippen LogP contribution in [0.5, 0.6) is 0 Å². The second kappa shape index (κ2) is 7.06. The van der Waals surface area contributed by atoms with E-state index < -0.39 is 16.9 Å². The molecular formula is C14H17IN2O4. The Labute approximate surface area is 136 Å². The fraction of sp³-hybridized carbons (Fsp3) is 0.500. The van der Waals surface area contributed by atoms with Crippen LogP contribution >= 0.6 is 22.6 Å². The van der Waals surface area contributed by atoms with Crippen molar-refractivity contribution in [3.05, 3.63) is 31.9 Å². The van der Waals surface area contributed by atoms with Crippen molar-refractivity contribution in [1.82, 2.24) is 0 Å². The number of carbonyl (C=O) groups is 1. The maximum atomic E-state index is 11.5. The number of nitro groups is 1. The number of nitrogens with one attached hydrogen (secondary N) is 1. The average Bonchev–Trinajstić information content (AvgIpc) is 2.46. The Kier molecular flexibility index (Phi) is 5.38. The van der Waals surface area contributed by atoms with E-state index in [9.17, 15) is 20.0 Å². The molecule has 0 aromatic heterocycles. The number of carboxylic acid groups (broad SMARTS) is 1. The van der Waals surface area contributed by atoms with Gasteiger partial charge in [-0.05, 0) is 47.4 Å². The zero-order chi connectivity index (χ0) is 15.4. The van der Waals surface area contributed by atoms with Crippen LogP contribution in [0.15, 0.2) is 18.2 Å². The highest BCUT2D eigenvalue weighted by atomic mass is 127. The normalized spacial score (nSPS) is 17.2. The number of halogens is 1. The van der Waals surface area contributed by atoms with Gasteiger partial charge in [0.05, 0.1) is 4.92 Å². The summed E-state index contributed by atoms with van der Waals surface area (Å²) in [6.45, 7) is 0. The van der Waals surface area contributed by atoms with E-state index in [-0.39, 0.29) is 11.6 Å². The van der Waals surface area contributed by atoms with Crippen molar-refractivity contribution in [2.24, 2.45) is 5.92 Å². The lowest BCUT2D eigenvalue weighted by molar-refractivity contribution is -0.384. The maximum absolute atomic E-state index is 11.5. The van der Waals surface area contributed by atoms with E-state index in [2.05, 4.69) is 5.32 Å². The van der Waals surface area contributed by atoms with Gasteiger partial charge in [-0.2, -0.15) is 0 Å². The summed E-state index contributed by atoms with van der Waals surface area (Å²) in [6, 6.07) is 3.78. The maximum Gasteiger partial charge on any atom is 0.326 e. The van der Waals surface area contributed by atoms with Gasteiger partial charge < -0.3 is 10.4 Å². The number of carboxylic acids is 1. The second-order valence-corrected chi connectivity index (χ2v) is 6.44. The predicted octanol–water partition coefficient (Wildman–Crippen LogP) is 3.64. The molecule has 6 nitrogen and oxygen atoms in total. The fourth-order valence-corrected chi connectivity index (χ4v) is 3.41. The van der Waals surface area contributed by atoms with Crippen LogP contribution < -0.4 is 5.32 Å². The number of anilines is 1. The minimum atomic E-state index is -0.865. The predicted molar refractivity (Wildman–Crippen MR) is 87.4 cm³/mol. The quantitative estimate of drug-likeness (QED) is 0.444. The molecule has 0 heterocycles. The van der Waals surface area contributed by atoms with Crippen LogP contribution in [-0.4, -0.2) is 22.0 Å². The van der Waals surface area contributed by atoms with Crippen LogP contribution in [0.25, 0.3) is 0 Å². The Morgan fingerprint density at radius 1 is 1.38 bits per heavy atom. The van der Waals surface area contributed by atoms with E-state index in [1.54, 1.807) is 6.07 Å². The fourth-order valence-electron chi connectivity index (χ4n) is 2.75. The molecule has 1 fully saturated rings. The first-order chi connectivity index (χ1) is 9.99. The molecule has 1 aromatic carbocycles. The topological polar surface area (TPSA) is 92.5 Å². The summed E-state index contributed by atoms with van der Waals surface area (Å²) in [7, 11) is 0. The van der Waals surface area contributed by atoms with Crippen LogP contribution in [0.3, 0.4) is 0 Å². The summed E-state index contributed by atoms with van der Waals surface area (Å²) in [6.07, 6.45) is 5.11. The Bertz CT molecular complexity index is 544. The van der Waals surface area contributed by atoms with E-state index in [0.717, 1.165) is 32.1 Å². The van der Waals surface area contributed by atoms with Crippen molar-refractivity contribution in [2.45, 2.75) is 38.1 Å². The molecule has 0 aliphatic heterocycles. The van der Waals surface area contributed by atoms with E-state index >= 15 is 0 Å². The smallest absolute Gasteiger partial charge is 0.326 e. The van der Waals surface area contributed by atoms with E-state index in [1.807, 2.05) is 22.6 Å². The molecule has 0 saturated heterocycles. The minimum Gasteiger partial charge on any atom is -0.480 e. The molecule has 0 radical (unpaired) electrons. The molecule has 0 spiro atoms. The van der Waals surface area contributed by atoms with Crippen molar-refractivity contribution in [2.75, 3.05) is 5.32 Å². The number of aliphatic carboxylic acids is 1. The molecule has 1 unspecified atom stereocenters. The molecule has 7 heteroatoms. The first-order valence-electron chi connectivity index (χ1n) is 6.92. The first-order valence-corrected chi connectivity index (χ1v) is 8.00. The molecule has 1 aliphatic rings. The highest BCUT2D eigenvalue weighted by molar-refractivity contribution is 14.1. The summed E-state index contributed by atoms with van der Waals surface area (Å²) in [4.78, 5) is 21.8. The zero-order valence-electron chi connectivity index (χ0n) is 11.4. The van der Waals surface area contributed by atoms with E-state index in [0.29, 0.717) is 9.26 Å². The zero-order valence-corrected chi connectivity index (χ0v) is 13.6. The highest BCUT2D eigenvalue weighted by Gasteiger charge is 2.29. The van der Waals surface area contributed by atoms with Crippen molar-refractivity contribution in [3.63, 3.8) is 0 Å². The monoisotopic (exact) mass is 404 g/mol. The van der Waals surface area contributed by atoms with E-state index in [4.69, 9.17) is 0 Å². The summed E-state index contributed by atoms with van der Waals surface area (Å²) >= 11 is 1.99. The third-order valence-electron chi connectivity index (χ3n) is 3.86. The third kappa shape index (κ3) is 4.05. The van der Waals surface area contributed by atoms with Crippen molar-refractivity contribution < 1.29 is 14.8 Å². The molecule has 2 rings (SSSR count). The summed E-state index contributed by atoms with van der Waals surface area (Å²) in [5.74, 6) is -0.752. The van der Waals surface area contributed by atoms with Gasteiger partial charge in [-0.1, -0.05) is 19.3 Å². The number of benzene rings is 1. The van der Waals surface area contributed by atoms with Gasteiger partial charge in [0.15, 0.2) is 0 Å². The van der Waals surface area contributed by atoms with Gasteiger partial charge in [0.2, 0.25) is 0 Å². The third-order valence-corrected chi connectivity index (χ3v) is 4.75. The molecule has 0 bridgehead atoms. The van der Waals surface area contributed by atoms with Gasteiger partial charge in [-0.3, -0.25) is 10.1 Å². The molecule has 1 aromatic rings. The summed E-state index contributed by atoms with van der Waals surface area (Å²) in [5.41, 5.74) is 0.647. The second-order valence-electron chi connectivity index (χ2n) is 5.28. The Hall–Kier alpha value is -1.38. The molecule has 2 N–H and O–H groups in total. The van der Waals surface area contributed by atoms with Crippen LogP contribution in [-0.2, 0) is 4.79 Å². The van der Waals surface area contributed by atoms with Crippen LogP contribution in [0.4, 0.5) is 11.4 Å². The molecule has 1 aliphatic carbocycles. The number of rotatable bonds is 5.